The van der Waals surface area contributed by atoms with Gasteiger partial charge in [-0.2, -0.15) is 0 Å². The number of anilines is 1. The molecule has 0 radical (unpaired) electrons. The lowest BCUT2D eigenvalue weighted by atomic mass is 9.94. The quantitative estimate of drug-likeness (QED) is 0.249. The Bertz CT molecular complexity index is 2340. The van der Waals surface area contributed by atoms with Gasteiger partial charge in [-0.3, -0.25) is 23.7 Å². The number of hydrogen-bond acceptors (Lipinski definition) is 6. The maximum Gasteiger partial charge on any atom is 0.326 e. The van der Waals surface area contributed by atoms with Crippen molar-refractivity contribution >= 4 is 33.5 Å². The van der Waals surface area contributed by atoms with Crippen LogP contribution in [0.3, 0.4) is 0 Å². The monoisotopic (exact) mass is 668 g/mol. The third-order valence-corrected chi connectivity index (χ3v) is 10.0. The van der Waals surface area contributed by atoms with Gasteiger partial charge in [0.2, 0.25) is 11.7 Å². The van der Waals surface area contributed by atoms with Crippen LogP contribution in [0.2, 0.25) is 0 Å². The Morgan fingerprint density at radius 1 is 1.08 bits per heavy atom. The van der Waals surface area contributed by atoms with Crippen molar-refractivity contribution in [2.45, 2.75) is 59.0 Å². The zero-order chi connectivity index (χ0) is 35.0. The summed E-state index contributed by atoms with van der Waals surface area (Å²) in [5.74, 6) is -2.18. The molecule has 0 aliphatic carbocycles. The number of amides is 1. The molecule has 5 aromatic rings. The average molecular weight is 669 g/mol. The minimum Gasteiger partial charge on any atom is -0.486 e. The molecule has 1 saturated heterocycles. The van der Waals surface area contributed by atoms with Crippen LogP contribution in [0.4, 0.5) is 14.5 Å². The van der Waals surface area contributed by atoms with Crippen LogP contribution in [0.15, 0.2) is 52.7 Å². The van der Waals surface area contributed by atoms with Gasteiger partial charge in [-0.25, -0.2) is 13.6 Å². The highest BCUT2D eigenvalue weighted by molar-refractivity contribution is 6.02. The van der Waals surface area contributed by atoms with Gasteiger partial charge in [0.25, 0.3) is 5.56 Å². The van der Waals surface area contributed by atoms with E-state index < -0.39 is 22.9 Å². The third kappa shape index (κ3) is 4.79. The minimum absolute atomic E-state index is 0.0125. The van der Waals surface area contributed by atoms with E-state index in [2.05, 4.69) is 16.5 Å². The molecular formula is C37H38F2N6O4. The summed E-state index contributed by atoms with van der Waals surface area (Å²) in [5.41, 5.74) is 1.94. The Kier molecular flexibility index (Phi) is 7.72. The number of rotatable bonds is 4. The lowest BCUT2D eigenvalue weighted by molar-refractivity contribution is -0.129. The number of benzene rings is 2. The molecular weight excluding hydrogens is 630 g/mol. The number of carbonyl (C=O) groups excluding carboxylic acids is 1. The van der Waals surface area contributed by atoms with E-state index in [1.807, 2.05) is 32.6 Å². The van der Waals surface area contributed by atoms with E-state index in [4.69, 9.17) is 4.74 Å². The second kappa shape index (κ2) is 11.7. The average Bonchev–Trinajstić information content (AvgIpc) is 3.22. The molecule has 10 nitrogen and oxygen atoms in total. The van der Waals surface area contributed by atoms with Crippen LogP contribution in [0.1, 0.15) is 49.9 Å². The number of H-pyrrole nitrogens is 1. The molecule has 0 bridgehead atoms. The minimum atomic E-state index is -0.952. The van der Waals surface area contributed by atoms with Crippen LogP contribution in [-0.2, 0) is 11.8 Å². The van der Waals surface area contributed by atoms with Gasteiger partial charge in [0, 0.05) is 49.7 Å². The number of piperazine rings is 1. The van der Waals surface area contributed by atoms with Crippen LogP contribution >= 0.6 is 0 Å². The number of pyridine rings is 2. The number of nitrogens with zero attached hydrogens (tertiary/aromatic N) is 5. The fourth-order valence-electron chi connectivity index (χ4n) is 7.61. The first-order valence-corrected chi connectivity index (χ1v) is 16.4. The molecule has 2 aliphatic heterocycles. The molecule has 1 fully saturated rings. The van der Waals surface area contributed by atoms with E-state index >= 15 is 8.78 Å². The predicted molar refractivity (Wildman–Crippen MR) is 186 cm³/mol. The van der Waals surface area contributed by atoms with Gasteiger partial charge in [-0.05, 0) is 62.1 Å². The van der Waals surface area contributed by atoms with Crippen molar-refractivity contribution in [3.05, 3.63) is 92.4 Å². The number of hydrogen-bond donors (Lipinski definition) is 1. The second-order valence-corrected chi connectivity index (χ2v) is 13.4. The molecule has 5 heterocycles. The molecule has 0 spiro atoms. The molecule has 2 atom stereocenters. The van der Waals surface area contributed by atoms with E-state index in [-0.39, 0.29) is 64.0 Å². The van der Waals surface area contributed by atoms with Crippen LogP contribution < -0.4 is 20.9 Å². The number of aromatic amines is 1. The summed E-state index contributed by atoms with van der Waals surface area (Å²) in [5, 5.41) is 0.154. The van der Waals surface area contributed by atoms with E-state index in [0.717, 1.165) is 0 Å². The van der Waals surface area contributed by atoms with Crippen molar-refractivity contribution in [2.75, 3.05) is 24.6 Å². The fourth-order valence-corrected chi connectivity index (χ4v) is 7.61. The highest BCUT2D eigenvalue weighted by Gasteiger charge is 2.40. The fraction of sp³-hybridized carbons (Fsp3) is 0.351. The number of imidazole rings is 1. The molecule has 2 aliphatic rings. The topological polar surface area (TPSA) is 105 Å². The van der Waals surface area contributed by atoms with E-state index in [9.17, 15) is 14.4 Å². The number of aromatic nitrogens is 4. The Balaban J connectivity index is 1.64. The van der Waals surface area contributed by atoms with Crippen molar-refractivity contribution in [1.29, 1.82) is 0 Å². The van der Waals surface area contributed by atoms with Gasteiger partial charge >= 0.3 is 5.69 Å². The molecule has 1 amide bonds. The van der Waals surface area contributed by atoms with Crippen molar-refractivity contribution in [1.82, 2.24) is 24.0 Å². The lowest BCUT2D eigenvalue weighted by Gasteiger charge is -2.45. The van der Waals surface area contributed by atoms with Crippen LogP contribution in [0.5, 0.6) is 5.75 Å². The maximum atomic E-state index is 17.8. The summed E-state index contributed by atoms with van der Waals surface area (Å²) in [6.45, 7) is 13.8. The molecule has 0 saturated carbocycles. The number of fused-ring (bicyclic) bond motifs is 6. The lowest BCUT2D eigenvalue weighted by Crippen LogP contribution is -2.59. The first-order chi connectivity index (χ1) is 23.3. The Hall–Kier alpha value is -5.26. The normalized spacial score (nSPS) is 17.7. The highest BCUT2D eigenvalue weighted by atomic mass is 19.1. The molecule has 254 valence electrons. The van der Waals surface area contributed by atoms with Gasteiger partial charge in [-0.15, -0.1) is 0 Å². The summed E-state index contributed by atoms with van der Waals surface area (Å²) in [6, 6.07) is 5.84. The van der Waals surface area contributed by atoms with Crippen molar-refractivity contribution < 1.29 is 18.3 Å². The maximum absolute atomic E-state index is 17.8. The van der Waals surface area contributed by atoms with E-state index in [1.54, 1.807) is 43.3 Å². The van der Waals surface area contributed by atoms with Crippen LogP contribution in [0.25, 0.3) is 38.8 Å². The first-order valence-electron chi connectivity index (χ1n) is 16.4. The van der Waals surface area contributed by atoms with Crippen molar-refractivity contribution in [3.8, 4) is 22.6 Å². The van der Waals surface area contributed by atoms with E-state index in [0.29, 0.717) is 53.1 Å². The van der Waals surface area contributed by atoms with Gasteiger partial charge in [0.15, 0.2) is 5.82 Å². The van der Waals surface area contributed by atoms with E-state index in [1.165, 1.54) is 21.3 Å². The summed E-state index contributed by atoms with van der Waals surface area (Å²) in [7, 11) is 1.54. The largest absolute Gasteiger partial charge is 0.486 e. The van der Waals surface area contributed by atoms with Crippen molar-refractivity contribution in [2.24, 2.45) is 7.05 Å². The van der Waals surface area contributed by atoms with Crippen LogP contribution in [-0.4, -0.2) is 61.7 Å². The molecule has 7 rings (SSSR count). The van der Waals surface area contributed by atoms with Gasteiger partial charge in [0.1, 0.15) is 5.82 Å². The van der Waals surface area contributed by atoms with Crippen molar-refractivity contribution in [3.63, 3.8) is 0 Å². The molecule has 12 heteroatoms. The zero-order valence-corrected chi connectivity index (χ0v) is 28.4. The van der Waals surface area contributed by atoms with Crippen LogP contribution in [0, 0.1) is 25.5 Å². The molecule has 2 unspecified atom stereocenters. The van der Waals surface area contributed by atoms with Gasteiger partial charge < -0.3 is 19.5 Å². The number of ether oxygens (including phenoxy) is 1. The standard InChI is InChI=1S/C37H38F2N6O4/c1-8-26(46)43-17-22-12-14-49-35-33(44(22)16-21(43)6)23-15-24(38)28(27-19(4)9-10-25-34(27)42(7)37(48)41-25)29(39)32(23)45(36(35)47)31-20(5)11-13-40-30(31)18(2)3/h8-11,13,15,18,21-22H,1,12,14,16-17H2,2-7H3,(H,41,48). The molecule has 1 N–H and O–H groups in total. The number of nitrogens with one attached hydrogen (secondary N) is 1. The Morgan fingerprint density at radius 2 is 1.84 bits per heavy atom. The summed E-state index contributed by atoms with van der Waals surface area (Å²) >= 11 is 0. The molecule has 2 aromatic carbocycles. The third-order valence-electron chi connectivity index (χ3n) is 10.0. The SMILES string of the molecule is C=CC(=O)N1CC2CCOc3c(c4cc(F)c(-c5c(C)ccc6[nH]c(=O)n(C)c56)c(F)c4n(-c4c(C)ccnc4C(C)C)c3=O)N2CC1C. The smallest absolute Gasteiger partial charge is 0.326 e. The molecule has 49 heavy (non-hydrogen) atoms. The Morgan fingerprint density at radius 3 is 2.55 bits per heavy atom. The van der Waals surface area contributed by atoms with Gasteiger partial charge in [-0.1, -0.05) is 26.5 Å². The predicted octanol–water partition coefficient (Wildman–Crippen LogP) is 5.63. The number of aryl methyl sites for hydroxylation is 3. The second-order valence-electron chi connectivity index (χ2n) is 13.4. The highest BCUT2D eigenvalue weighted by Crippen LogP contribution is 2.45. The zero-order valence-electron chi connectivity index (χ0n) is 28.4. The summed E-state index contributed by atoms with van der Waals surface area (Å²) < 4.78 is 43.5. The summed E-state index contributed by atoms with van der Waals surface area (Å²) in [4.78, 5) is 51.4. The number of halogens is 2. The number of carbonyl (C=O) groups is 1. The van der Waals surface area contributed by atoms with Gasteiger partial charge in [0.05, 0.1) is 51.8 Å². The Labute approximate surface area is 281 Å². The first kappa shape index (κ1) is 32.3. The summed E-state index contributed by atoms with van der Waals surface area (Å²) in [6.07, 6.45) is 3.40. The molecule has 3 aromatic heterocycles.